The summed E-state index contributed by atoms with van der Waals surface area (Å²) in [5, 5.41) is 86.7. The Hall–Kier alpha value is -0.700. The smallest absolute Gasteiger partial charge is 0.187 e. The van der Waals surface area contributed by atoms with Crippen molar-refractivity contribution < 1.29 is 55.4 Å². The summed E-state index contributed by atoms with van der Waals surface area (Å²) >= 11 is 0. The molecule has 11 heteroatoms. The van der Waals surface area contributed by atoms with Crippen LogP contribution in [0.2, 0.25) is 0 Å². The summed E-state index contributed by atoms with van der Waals surface area (Å²) in [7, 11) is 0. The normalized spacial score (nSPS) is 51.3. The lowest BCUT2D eigenvalue weighted by Crippen LogP contribution is -2.70. The van der Waals surface area contributed by atoms with Gasteiger partial charge in [0.25, 0.3) is 0 Å². The Morgan fingerprint density at radius 3 is 2.19 bits per heavy atom. The van der Waals surface area contributed by atoms with Crippen molar-refractivity contribution in [2.75, 3.05) is 6.61 Å². The molecule has 5 fully saturated rings. The molecule has 0 aromatic rings. The van der Waals surface area contributed by atoms with Crippen LogP contribution in [0.1, 0.15) is 99.8 Å². The molecular formula is C36H62O11. The molecule has 0 unspecified atom stereocenters. The van der Waals surface area contributed by atoms with Gasteiger partial charge in [0.1, 0.15) is 30.5 Å². The standard InChI is InChI=1S/C36H62O11/c1-18(2)22(47-44)10-14-36(8,46-31-29(43)28(42)27(41)23(17-37)45-31)19-9-13-34(6)26(19)20(38)15-24-33(5)12-11-25(40)32(3,4)30(33)21(39)16-35(24,34)7/h19-31,37-44H,1,9-17H2,2-8H3/t19-,20+,21-,22-,23+,24+,25-,26-,27+,28-,29+,30-,31-,33+,34+,35+,36-/m0/s1. The molecule has 0 amide bonds. The Balaban J connectivity index is 1.52. The zero-order chi connectivity index (χ0) is 35.1. The summed E-state index contributed by atoms with van der Waals surface area (Å²) in [6, 6.07) is 0. The van der Waals surface area contributed by atoms with Crippen molar-refractivity contribution in [3.8, 4) is 0 Å². The molecule has 0 radical (unpaired) electrons. The van der Waals surface area contributed by atoms with Crippen molar-refractivity contribution in [2.24, 2.45) is 45.3 Å². The van der Waals surface area contributed by atoms with Crippen molar-refractivity contribution in [3.05, 3.63) is 12.2 Å². The second kappa shape index (κ2) is 12.8. The van der Waals surface area contributed by atoms with Gasteiger partial charge < -0.3 is 45.2 Å². The molecule has 272 valence electrons. The Bertz CT molecular complexity index is 1150. The molecule has 5 rings (SSSR count). The highest BCUT2D eigenvalue weighted by molar-refractivity contribution is 5.21. The predicted octanol–water partition coefficient (Wildman–Crippen LogP) is 2.76. The van der Waals surface area contributed by atoms with Gasteiger partial charge in [-0.25, -0.2) is 4.89 Å². The van der Waals surface area contributed by atoms with Crippen molar-refractivity contribution in [2.45, 2.75) is 161 Å². The lowest BCUT2D eigenvalue weighted by molar-refractivity contribution is -0.338. The highest BCUT2D eigenvalue weighted by atomic mass is 17.1. The second-order valence-electron chi connectivity index (χ2n) is 17.6. The molecule has 4 saturated carbocycles. The fourth-order valence-electron chi connectivity index (χ4n) is 12.2. The highest BCUT2D eigenvalue weighted by Gasteiger charge is 2.73. The van der Waals surface area contributed by atoms with Gasteiger partial charge in [0.2, 0.25) is 0 Å². The molecule has 4 aliphatic carbocycles. The average molecular weight is 671 g/mol. The van der Waals surface area contributed by atoms with E-state index in [1.165, 1.54) is 0 Å². The Labute approximate surface area is 279 Å². The van der Waals surface area contributed by atoms with Gasteiger partial charge in [-0.05, 0) is 116 Å². The third-order valence-electron chi connectivity index (χ3n) is 14.8. The van der Waals surface area contributed by atoms with E-state index in [1.54, 1.807) is 6.92 Å². The first-order valence-electron chi connectivity index (χ1n) is 17.7. The second-order valence-corrected chi connectivity index (χ2v) is 17.6. The van der Waals surface area contributed by atoms with Gasteiger partial charge >= 0.3 is 0 Å². The lowest BCUT2D eigenvalue weighted by atomic mass is 9.34. The molecule has 5 aliphatic rings. The number of rotatable bonds is 9. The Morgan fingerprint density at radius 2 is 1.60 bits per heavy atom. The van der Waals surface area contributed by atoms with Crippen LogP contribution in [0.4, 0.5) is 0 Å². The number of aliphatic hydroxyl groups is 7. The SMILES string of the molecule is C=C(C)[C@H](CC[C@](C)(O[C@@H]1O[C@H](CO)[C@@H](O)[C@H](O)[C@H]1O)[C@H]1CC[C@]2(C)[C@@H]1[C@H](O)C[C@@H]1[C@@]3(C)CC[C@H](O)C(C)(C)[C@@H]3[C@@H](O)C[C@]12C)OO. The highest BCUT2D eigenvalue weighted by Crippen LogP contribution is 2.76. The van der Waals surface area contributed by atoms with E-state index in [4.69, 9.17) is 14.4 Å². The molecule has 47 heavy (non-hydrogen) atoms. The average Bonchev–Trinajstić information content (AvgIpc) is 3.37. The zero-order valence-corrected chi connectivity index (χ0v) is 29.4. The zero-order valence-electron chi connectivity index (χ0n) is 29.4. The van der Waals surface area contributed by atoms with Gasteiger partial charge in [0.05, 0.1) is 30.5 Å². The maximum absolute atomic E-state index is 12.3. The Kier molecular flexibility index (Phi) is 10.2. The van der Waals surface area contributed by atoms with Crippen molar-refractivity contribution in [1.82, 2.24) is 0 Å². The maximum atomic E-state index is 12.3. The first-order valence-corrected chi connectivity index (χ1v) is 17.7. The molecule has 0 bridgehead atoms. The minimum atomic E-state index is -1.61. The molecule has 1 aliphatic heterocycles. The summed E-state index contributed by atoms with van der Waals surface area (Å²) < 4.78 is 12.5. The molecule has 8 N–H and O–H groups in total. The van der Waals surface area contributed by atoms with Crippen LogP contribution in [0.3, 0.4) is 0 Å². The molecule has 1 saturated heterocycles. The summed E-state index contributed by atoms with van der Waals surface area (Å²) in [5.41, 5.74) is -1.97. The van der Waals surface area contributed by atoms with Crippen LogP contribution in [0, 0.1) is 45.3 Å². The fourth-order valence-corrected chi connectivity index (χ4v) is 12.2. The van der Waals surface area contributed by atoms with E-state index in [0.29, 0.717) is 44.1 Å². The molecule has 1 heterocycles. The van der Waals surface area contributed by atoms with E-state index < -0.39 is 78.2 Å². The van der Waals surface area contributed by atoms with Crippen LogP contribution in [0.15, 0.2) is 12.2 Å². The van der Waals surface area contributed by atoms with Gasteiger partial charge in [-0.1, -0.05) is 41.2 Å². The topological polar surface area (TPSA) is 190 Å². The number of aliphatic hydroxyl groups excluding tert-OH is 7. The number of fused-ring (bicyclic) bond motifs is 5. The number of hydrogen-bond donors (Lipinski definition) is 8. The number of ether oxygens (including phenoxy) is 2. The predicted molar refractivity (Wildman–Crippen MR) is 173 cm³/mol. The summed E-state index contributed by atoms with van der Waals surface area (Å²) in [6.45, 7) is 17.9. The van der Waals surface area contributed by atoms with Crippen LogP contribution in [-0.2, 0) is 14.4 Å². The third-order valence-corrected chi connectivity index (χ3v) is 14.8. The van der Waals surface area contributed by atoms with E-state index >= 15 is 0 Å². The quantitative estimate of drug-likeness (QED) is 0.102. The number of hydrogen-bond acceptors (Lipinski definition) is 11. The molecule has 17 atom stereocenters. The van der Waals surface area contributed by atoms with E-state index in [0.717, 1.165) is 12.8 Å². The van der Waals surface area contributed by atoms with Crippen molar-refractivity contribution in [1.29, 1.82) is 0 Å². The van der Waals surface area contributed by atoms with Crippen molar-refractivity contribution in [3.63, 3.8) is 0 Å². The van der Waals surface area contributed by atoms with Crippen LogP contribution in [0.5, 0.6) is 0 Å². The third kappa shape index (κ3) is 5.68. The minimum absolute atomic E-state index is 0.110. The molecule has 0 spiro atoms. The van der Waals surface area contributed by atoms with Crippen LogP contribution < -0.4 is 0 Å². The lowest BCUT2D eigenvalue weighted by Gasteiger charge is -2.71. The van der Waals surface area contributed by atoms with E-state index in [1.807, 2.05) is 6.92 Å². The fraction of sp³-hybridized carbons (Fsp3) is 0.944. The van der Waals surface area contributed by atoms with Gasteiger partial charge in [0.15, 0.2) is 6.29 Å². The monoisotopic (exact) mass is 670 g/mol. The molecule has 0 aromatic carbocycles. The van der Waals surface area contributed by atoms with Crippen LogP contribution in [0.25, 0.3) is 0 Å². The van der Waals surface area contributed by atoms with Gasteiger partial charge in [-0.2, -0.15) is 0 Å². The molecular weight excluding hydrogens is 608 g/mol. The van der Waals surface area contributed by atoms with Gasteiger partial charge in [-0.3, -0.25) is 5.26 Å². The molecule has 11 nitrogen and oxygen atoms in total. The summed E-state index contributed by atoms with van der Waals surface area (Å²) in [5.74, 6) is -0.520. The Morgan fingerprint density at radius 1 is 0.936 bits per heavy atom. The van der Waals surface area contributed by atoms with E-state index in [-0.39, 0.29) is 34.5 Å². The minimum Gasteiger partial charge on any atom is -0.394 e. The first-order chi connectivity index (χ1) is 21.7. The molecule has 0 aromatic heterocycles. The van der Waals surface area contributed by atoms with Gasteiger partial charge in [0, 0.05) is 0 Å². The van der Waals surface area contributed by atoms with Crippen LogP contribution in [-0.4, -0.2) is 108 Å². The van der Waals surface area contributed by atoms with Gasteiger partial charge in [-0.15, -0.1) is 0 Å². The summed E-state index contributed by atoms with van der Waals surface area (Å²) in [4.78, 5) is 4.74. The first kappa shape index (κ1) is 37.6. The van der Waals surface area contributed by atoms with E-state index in [2.05, 4.69) is 41.2 Å². The largest absolute Gasteiger partial charge is 0.394 e. The van der Waals surface area contributed by atoms with E-state index in [9.17, 15) is 41.0 Å². The maximum Gasteiger partial charge on any atom is 0.187 e. The van der Waals surface area contributed by atoms with Crippen LogP contribution >= 0.6 is 0 Å². The van der Waals surface area contributed by atoms with Crippen molar-refractivity contribution >= 4 is 0 Å². The summed E-state index contributed by atoms with van der Waals surface area (Å²) in [6.07, 6.45) is -5.16.